The molecule has 0 radical (unpaired) electrons. The molecule has 13 heteroatoms. The monoisotopic (exact) mass is 846 g/mol. The fraction of sp³-hybridized carbons (Fsp3) is 0.867. The molecule has 0 saturated heterocycles. The number of esters is 2. The van der Waals surface area contributed by atoms with Crippen molar-refractivity contribution in [2.75, 3.05) is 47.5 Å². The molecule has 7 atom stereocenters. The summed E-state index contributed by atoms with van der Waals surface area (Å²) in [6.07, 6.45) is 27.3. The topological polar surface area (TPSA) is 172 Å². The van der Waals surface area contributed by atoms with Crippen LogP contribution in [0.15, 0.2) is 24.3 Å². The number of unbranched alkanes of at least 4 members (excludes halogenated alkanes) is 16. The average Bonchev–Trinajstić information content (AvgIpc) is 3.43. The van der Waals surface area contributed by atoms with Crippen molar-refractivity contribution in [3.63, 3.8) is 0 Å². The second-order valence-corrected chi connectivity index (χ2v) is 18.8. The number of likely N-dealkylation sites (N-methyl/N-ethyl adjacent to an activating group) is 1. The molecule has 0 spiro atoms. The van der Waals surface area contributed by atoms with E-state index in [9.17, 15) is 34.4 Å². The number of hydrogen-bond acceptors (Lipinski definition) is 11. The standard InChI is InChI=1S/C45H84NO11P/c1-6-8-10-11-12-13-14-15-16-17-18-19-20-25-29-44(50)54-36-39(37-56-58(52,53)55-34-33-46(3,4)5)57-45(51)30-26-22-21-24-28-40-41(43(49)35-42(40)48)32-31-38(47)27-23-9-7-2/h21,24,31-32,38-43,47-49H,6-20,22-23,25-30,33-37H2,1-5H3/b24-21+,32-31+/t38-,39+,40+,41+,42-,43+/m0/s1. The van der Waals surface area contributed by atoms with Crippen LogP contribution in [0, 0.1) is 11.8 Å². The zero-order valence-electron chi connectivity index (χ0n) is 37.1. The van der Waals surface area contributed by atoms with Crippen molar-refractivity contribution in [1.29, 1.82) is 0 Å². The number of carbonyl (C=O) groups is 2. The number of aliphatic hydroxyl groups is 3. The first-order valence-corrected chi connectivity index (χ1v) is 24.3. The van der Waals surface area contributed by atoms with Crippen LogP contribution >= 0.6 is 7.82 Å². The molecule has 0 aliphatic heterocycles. The lowest BCUT2D eigenvalue weighted by Crippen LogP contribution is -2.37. The first kappa shape index (κ1) is 54.4. The Labute approximate surface area is 352 Å². The van der Waals surface area contributed by atoms with Crippen molar-refractivity contribution in [2.45, 2.75) is 192 Å². The number of hydrogen-bond donors (Lipinski definition) is 3. The maximum absolute atomic E-state index is 12.8. The molecular formula is C45H84NO11P. The van der Waals surface area contributed by atoms with Crippen LogP contribution in [-0.2, 0) is 32.7 Å². The summed E-state index contributed by atoms with van der Waals surface area (Å²) in [5.74, 6) is -1.44. The molecule has 0 aromatic heterocycles. The van der Waals surface area contributed by atoms with Crippen molar-refractivity contribution in [1.82, 2.24) is 0 Å². The van der Waals surface area contributed by atoms with Gasteiger partial charge in [0, 0.05) is 25.2 Å². The predicted octanol–water partition coefficient (Wildman–Crippen LogP) is 8.49. The highest BCUT2D eigenvalue weighted by atomic mass is 31.2. The number of carbonyl (C=O) groups excluding carboxylic acids is 2. The van der Waals surface area contributed by atoms with Gasteiger partial charge in [-0.2, -0.15) is 0 Å². The molecule has 1 unspecified atom stereocenters. The summed E-state index contributed by atoms with van der Waals surface area (Å²) < 4.78 is 33.9. The predicted molar refractivity (Wildman–Crippen MR) is 229 cm³/mol. The van der Waals surface area contributed by atoms with Crippen molar-refractivity contribution in [2.24, 2.45) is 11.8 Å². The van der Waals surface area contributed by atoms with Crippen molar-refractivity contribution >= 4 is 19.8 Å². The van der Waals surface area contributed by atoms with Crippen LogP contribution in [-0.4, -0.2) is 104 Å². The Morgan fingerprint density at radius 2 is 1.33 bits per heavy atom. The minimum absolute atomic E-state index is 0.0505. The van der Waals surface area contributed by atoms with Gasteiger partial charge in [-0.3, -0.25) is 14.2 Å². The highest BCUT2D eigenvalue weighted by Crippen LogP contribution is 2.38. The average molecular weight is 846 g/mol. The Morgan fingerprint density at radius 3 is 1.93 bits per heavy atom. The lowest BCUT2D eigenvalue weighted by molar-refractivity contribution is -0.870. The van der Waals surface area contributed by atoms with Crippen LogP contribution in [0.1, 0.15) is 168 Å². The van der Waals surface area contributed by atoms with E-state index in [0.29, 0.717) is 43.1 Å². The highest BCUT2D eigenvalue weighted by Gasteiger charge is 2.39. The molecule has 0 heterocycles. The van der Waals surface area contributed by atoms with E-state index in [-0.39, 0.29) is 44.3 Å². The summed E-state index contributed by atoms with van der Waals surface area (Å²) in [5.41, 5.74) is 0. The van der Waals surface area contributed by atoms with Gasteiger partial charge in [-0.15, -0.1) is 0 Å². The van der Waals surface area contributed by atoms with Gasteiger partial charge >= 0.3 is 11.9 Å². The van der Waals surface area contributed by atoms with E-state index >= 15 is 0 Å². The van der Waals surface area contributed by atoms with E-state index in [4.69, 9.17) is 18.5 Å². The molecule has 0 amide bonds. The molecule has 340 valence electrons. The molecule has 0 bridgehead atoms. The summed E-state index contributed by atoms with van der Waals surface area (Å²) in [6, 6.07) is 0. The maximum Gasteiger partial charge on any atom is 0.306 e. The molecule has 1 aliphatic carbocycles. The van der Waals surface area contributed by atoms with Crippen molar-refractivity contribution in [3.8, 4) is 0 Å². The summed E-state index contributed by atoms with van der Waals surface area (Å²) in [4.78, 5) is 37.7. The third-order valence-electron chi connectivity index (χ3n) is 10.8. The summed E-state index contributed by atoms with van der Waals surface area (Å²) in [7, 11) is 1.02. The second-order valence-electron chi connectivity index (χ2n) is 17.4. The van der Waals surface area contributed by atoms with Crippen molar-refractivity contribution in [3.05, 3.63) is 24.3 Å². The van der Waals surface area contributed by atoms with Gasteiger partial charge in [-0.05, 0) is 38.0 Å². The molecule has 1 fully saturated rings. The van der Waals surface area contributed by atoms with Gasteiger partial charge in [0.25, 0.3) is 7.82 Å². The van der Waals surface area contributed by atoms with Crippen LogP contribution in [0.2, 0.25) is 0 Å². The van der Waals surface area contributed by atoms with Gasteiger partial charge in [-0.1, -0.05) is 141 Å². The molecule has 1 rings (SSSR count). The van der Waals surface area contributed by atoms with Gasteiger partial charge < -0.3 is 43.2 Å². The molecule has 1 aliphatic rings. The number of phosphoric acid groups is 1. The summed E-state index contributed by atoms with van der Waals surface area (Å²) in [6.45, 7) is 3.85. The second kappa shape index (κ2) is 33.1. The van der Waals surface area contributed by atoms with Crippen LogP contribution < -0.4 is 4.89 Å². The number of aliphatic hydroxyl groups excluding tert-OH is 3. The number of allylic oxidation sites excluding steroid dienone is 2. The number of rotatable bonds is 37. The van der Waals surface area contributed by atoms with Gasteiger partial charge in [0.2, 0.25) is 0 Å². The van der Waals surface area contributed by atoms with Crippen LogP contribution in [0.5, 0.6) is 0 Å². The number of nitrogens with zero attached hydrogens (tertiary/aromatic N) is 1. The van der Waals surface area contributed by atoms with E-state index in [1.165, 1.54) is 64.2 Å². The van der Waals surface area contributed by atoms with Gasteiger partial charge in [0.05, 0.1) is 46.1 Å². The van der Waals surface area contributed by atoms with E-state index < -0.39 is 50.8 Å². The third kappa shape index (κ3) is 29.6. The normalized spacial score (nSPS) is 20.8. The van der Waals surface area contributed by atoms with E-state index in [1.807, 2.05) is 39.4 Å². The fourth-order valence-electron chi connectivity index (χ4n) is 7.12. The lowest BCUT2D eigenvalue weighted by Gasteiger charge is -2.28. The number of ether oxygens (including phenoxy) is 2. The Bertz CT molecular complexity index is 1160. The van der Waals surface area contributed by atoms with Crippen LogP contribution in [0.4, 0.5) is 0 Å². The summed E-state index contributed by atoms with van der Waals surface area (Å²) in [5, 5.41) is 31.4. The Balaban J connectivity index is 2.51. The largest absolute Gasteiger partial charge is 0.756 e. The van der Waals surface area contributed by atoms with Gasteiger partial charge in [0.1, 0.15) is 19.8 Å². The van der Waals surface area contributed by atoms with E-state index in [0.717, 1.165) is 38.5 Å². The molecule has 0 aromatic carbocycles. The zero-order chi connectivity index (χ0) is 43.1. The SMILES string of the molecule is CCCCCCCCCCCCCCCCC(=O)OC[C@H](COP(=O)([O-])OCC[N+](C)(C)C)OC(=O)CCC/C=C/C[C@@H]1[C@@H](/C=C/[C@@H](O)CCCCC)[C@H](O)C[C@@H]1O. The minimum atomic E-state index is -4.69. The first-order valence-electron chi connectivity index (χ1n) is 22.8. The molecule has 3 N–H and O–H groups in total. The third-order valence-corrected chi connectivity index (χ3v) is 11.8. The number of phosphoric ester groups is 1. The molecular weight excluding hydrogens is 761 g/mol. The van der Waals surface area contributed by atoms with Gasteiger partial charge in [0.15, 0.2) is 6.10 Å². The smallest absolute Gasteiger partial charge is 0.306 e. The Morgan fingerprint density at radius 1 is 0.759 bits per heavy atom. The quantitative estimate of drug-likeness (QED) is 0.0180. The Kier molecular flexibility index (Phi) is 31.0. The van der Waals surface area contributed by atoms with Gasteiger partial charge in [-0.25, -0.2) is 0 Å². The lowest BCUT2D eigenvalue weighted by atomic mass is 9.89. The molecule has 0 aromatic rings. The number of quaternary nitrogens is 1. The molecule has 1 saturated carbocycles. The zero-order valence-corrected chi connectivity index (χ0v) is 38.0. The summed E-state index contributed by atoms with van der Waals surface area (Å²) >= 11 is 0. The van der Waals surface area contributed by atoms with Crippen LogP contribution in [0.25, 0.3) is 0 Å². The highest BCUT2D eigenvalue weighted by molar-refractivity contribution is 7.45. The van der Waals surface area contributed by atoms with E-state index in [1.54, 1.807) is 6.08 Å². The Hall–Kier alpha value is -1.63. The first-order chi connectivity index (χ1) is 27.7. The minimum Gasteiger partial charge on any atom is -0.756 e. The van der Waals surface area contributed by atoms with Crippen LogP contribution in [0.3, 0.4) is 0 Å². The fourth-order valence-corrected chi connectivity index (χ4v) is 7.85. The van der Waals surface area contributed by atoms with E-state index in [2.05, 4.69) is 13.8 Å². The molecule has 58 heavy (non-hydrogen) atoms. The van der Waals surface area contributed by atoms with Crippen molar-refractivity contribution < 1.29 is 57.4 Å². The maximum atomic E-state index is 12.8. The molecule has 12 nitrogen and oxygen atoms in total.